The van der Waals surface area contributed by atoms with Gasteiger partial charge in [-0.25, -0.2) is 19.2 Å². The average Bonchev–Trinajstić information content (AvgIpc) is 3.42. The second-order valence-electron chi connectivity index (χ2n) is 7.45. The molecule has 1 amide bonds. The van der Waals surface area contributed by atoms with Crippen LogP contribution in [0.4, 0.5) is 19.0 Å². The molecule has 0 aliphatic heterocycles. The third-order valence-corrected chi connectivity index (χ3v) is 4.65. The van der Waals surface area contributed by atoms with E-state index in [0.717, 1.165) is 23.2 Å². The molecule has 3 aromatic rings. The molecule has 1 N–H and O–H groups in total. The number of anilines is 1. The first-order valence-electron chi connectivity index (χ1n) is 9.33. The summed E-state index contributed by atoms with van der Waals surface area (Å²) in [6.07, 6.45) is -1.93. The second kappa shape index (κ2) is 7.18. The van der Waals surface area contributed by atoms with Gasteiger partial charge in [0.2, 0.25) is 5.91 Å². The molecule has 1 aliphatic rings. The fourth-order valence-electron chi connectivity index (χ4n) is 3.01. The molecule has 1 aliphatic carbocycles. The Morgan fingerprint density at radius 3 is 2.60 bits per heavy atom. The smallest absolute Gasteiger partial charge is 0.309 e. The molecule has 4 rings (SSSR count). The number of nitrogens with zero attached hydrogens (tertiary/aromatic N) is 6. The van der Waals surface area contributed by atoms with Gasteiger partial charge >= 0.3 is 6.18 Å². The summed E-state index contributed by atoms with van der Waals surface area (Å²) in [7, 11) is 0. The lowest BCUT2D eigenvalue weighted by atomic mass is 10.2. The van der Waals surface area contributed by atoms with Gasteiger partial charge in [0.05, 0.1) is 5.69 Å². The van der Waals surface area contributed by atoms with Gasteiger partial charge in [-0.05, 0) is 18.9 Å². The molecule has 3 aromatic heterocycles. The van der Waals surface area contributed by atoms with Crippen LogP contribution in [0.3, 0.4) is 0 Å². The number of hydrogen-bond donors (Lipinski definition) is 1. The lowest BCUT2D eigenvalue weighted by Gasteiger charge is -2.12. The van der Waals surface area contributed by atoms with Crippen LogP contribution in [0.25, 0.3) is 5.52 Å². The minimum absolute atomic E-state index is 0.0782. The zero-order valence-corrected chi connectivity index (χ0v) is 16.1. The molecule has 1 fully saturated rings. The maximum atomic E-state index is 12.8. The fraction of sp³-hybridized carbons (Fsp3) is 0.444. The number of fused-ring (bicyclic) bond motifs is 1. The highest BCUT2D eigenvalue weighted by atomic mass is 19.4. The van der Waals surface area contributed by atoms with Crippen LogP contribution in [0, 0.1) is 0 Å². The molecule has 0 atom stereocenters. The van der Waals surface area contributed by atoms with Crippen LogP contribution in [0.5, 0.6) is 0 Å². The van der Waals surface area contributed by atoms with E-state index < -0.39 is 29.9 Å². The average molecular weight is 421 g/mol. The maximum Gasteiger partial charge on any atom is 0.433 e. The van der Waals surface area contributed by atoms with Gasteiger partial charge in [0.15, 0.2) is 5.82 Å². The molecule has 0 unspecified atom stereocenters. The minimum atomic E-state index is -4.67. The van der Waals surface area contributed by atoms with Gasteiger partial charge in [0.25, 0.3) is 5.56 Å². The zero-order chi connectivity index (χ0) is 21.6. The van der Waals surface area contributed by atoms with E-state index in [1.807, 2.05) is 13.8 Å². The SMILES string of the molecule is CC(C)c1nn(CC(=O)Nc2cc(C(F)(F)F)ncn2)c(=O)c2cc(C3CC3)nn12. The minimum Gasteiger partial charge on any atom is -0.309 e. The van der Waals surface area contributed by atoms with E-state index in [-0.39, 0.29) is 11.7 Å². The number of aromatic nitrogens is 6. The topological polar surface area (TPSA) is 107 Å². The summed E-state index contributed by atoms with van der Waals surface area (Å²) >= 11 is 0. The van der Waals surface area contributed by atoms with E-state index in [1.54, 1.807) is 6.07 Å². The van der Waals surface area contributed by atoms with E-state index in [2.05, 4.69) is 25.5 Å². The van der Waals surface area contributed by atoms with Crippen LogP contribution < -0.4 is 10.9 Å². The third-order valence-electron chi connectivity index (χ3n) is 4.65. The van der Waals surface area contributed by atoms with Gasteiger partial charge < -0.3 is 5.32 Å². The molecule has 1 saturated carbocycles. The first kappa shape index (κ1) is 20.0. The predicted molar refractivity (Wildman–Crippen MR) is 99.0 cm³/mol. The zero-order valence-electron chi connectivity index (χ0n) is 16.1. The third kappa shape index (κ3) is 3.89. The monoisotopic (exact) mass is 421 g/mol. The number of carbonyl (C=O) groups is 1. The highest BCUT2D eigenvalue weighted by molar-refractivity contribution is 5.89. The molecular weight excluding hydrogens is 403 g/mol. The summed E-state index contributed by atoms with van der Waals surface area (Å²) in [6, 6.07) is 2.33. The fourth-order valence-corrected chi connectivity index (χ4v) is 3.01. The van der Waals surface area contributed by atoms with Crippen molar-refractivity contribution in [3.63, 3.8) is 0 Å². The number of alkyl halides is 3. The van der Waals surface area contributed by atoms with Crippen molar-refractivity contribution in [1.82, 2.24) is 29.4 Å². The molecular formula is C18H18F3N7O2. The number of nitrogens with one attached hydrogen (secondary N) is 1. The summed E-state index contributed by atoms with van der Waals surface area (Å²) < 4.78 is 40.8. The number of amides is 1. The molecule has 30 heavy (non-hydrogen) atoms. The van der Waals surface area contributed by atoms with Crippen LogP contribution in [-0.4, -0.2) is 35.3 Å². The molecule has 0 spiro atoms. The Morgan fingerprint density at radius 2 is 1.97 bits per heavy atom. The number of halogens is 3. The molecule has 3 heterocycles. The number of rotatable bonds is 5. The van der Waals surface area contributed by atoms with Gasteiger partial charge in [0, 0.05) is 17.9 Å². The molecule has 0 saturated heterocycles. The Labute approximate surface area is 167 Å². The van der Waals surface area contributed by atoms with Gasteiger partial charge in [-0.2, -0.15) is 23.4 Å². The first-order chi connectivity index (χ1) is 14.1. The van der Waals surface area contributed by atoms with Crippen LogP contribution in [-0.2, 0) is 17.5 Å². The van der Waals surface area contributed by atoms with Crippen molar-refractivity contribution in [2.24, 2.45) is 0 Å². The normalized spacial score (nSPS) is 14.5. The van der Waals surface area contributed by atoms with Crippen LogP contribution in [0.15, 0.2) is 23.3 Å². The molecule has 0 bridgehead atoms. The van der Waals surface area contributed by atoms with Crippen molar-refractivity contribution in [3.05, 3.63) is 46.0 Å². The maximum absolute atomic E-state index is 12.8. The molecule has 0 aromatic carbocycles. The van der Waals surface area contributed by atoms with E-state index in [1.165, 1.54) is 4.52 Å². The molecule has 12 heteroatoms. The summed E-state index contributed by atoms with van der Waals surface area (Å²) in [6.45, 7) is 3.29. The lowest BCUT2D eigenvalue weighted by molar-refractivity contribution is -0.141. The lowest BCUT2D eigenvalue weighted by Crippen LogP contribution is -2.32. The molecule has 158 valence electrons. The summed E-state index contributed by atoms with van der Waals surface area (Å²) in [5.74, 6) is -0.295. The molecule has 0 radical (unpaired) electrons. The van der Waals surface area contributed by atoms with Gasteiger partial charge in [-0.3, -0.25) is 9.59 Å². The highest BCUT2D eigenvalue weighted by Crippen LogP contribution is 2.39. The van der Waals surface area contributed by atoms with Crippen LogP contribution in [0.2, 0.25) is 0 Å². The van der Waals surface area contributed by atoms with Crippen molar-refractivity contribution in [2.75, 3.05) is 5.32 Å². The van der Waals surface area contributed by atoms with Crippen LogP contribution >= 0.6 is 0 Å². The number of hydrogen-bond acceptors (Lipinski definition) is 6. The van der Waals surface area contributed by atoms with Crippen molar-refractivity contribution in [2.45, 2.75) is 51.2 Å². The van der Waals surface area contributed by atoms with Gasteiger partial charge in [-0.15, -0.1) is 0 Å². The Bertz CT molecular complexity index is 1180. The Morgan fingerprint density at radius 1 is 1.23 bits per heavy atom. The van der Waals surface area contributed by atoms with Crippen molar-refractivity contribution in [3.8, 4) is 0 Å². The van der Waals surface area contributed by atoms with E-state index in [9.17, 15) is 22.8 Å². The van der Waals surface area contributed by atoms with Gasteiger partial charge in [-0.1, -0.05) is 13.8 Å². The molecule has 9 nitrogen and oxygen atoms in total. The van der Waals surface area contributed by atoms with E-state index in [4.69, 9.17) is 0 Å². The van der Waals surface area contributed by atoms with E-state index >= 15 is 0 Å². The quantitative estimate of drug-likeness (QED) is 0.678. The highest BCUT2D eigenvalue weighted by Gasteiger charge is 2.33. The second-order valence-corrected chi connectivity index (χ2v) is 7.45. The van der Waals surface area contributed by atoms with Crippen molar-refractivity contribution in [1.29, 1.82) is 0 Å². The predicted octanol–water partition coefficient (Wildman–Crippen LogP) is 2.34. The summed E-state index contributed by atoms with van der Waals surface area (Å²) in [4.78, 5) is 31.9. The summed E-state index contributed by atoms with van der Waals surface area (Å²) in [5, 5.41) is 11.0. The standard InChI is InChI=1S/C18H18F3N7O2/c1-9(2)16-26-27(17(30)12-5-11(10-3-4-10)25-28(12)16)7-15(29)24-14-6-13(18(19,20)21)22-8-23-14/h5-6,8-10H,3-4,7H2,1-2H3,(H,22,23,24,29). The number of carbonyl (C=O) groups excluding carboxylic acids is 1. The van der Waals surface area contributed by atoms with E-state index in [0.29, 0.717) is 29.7 Å². The Kier molecular flexibility index (Phi) is 4.79. The Hall–Kier alpha value is -3.31. The van der Waals surface area contributed by atoms with Crippen LogP contribution in [0.1, 0.15) is 55.7 Å². The van der Waals surface area contributed by atoms with Crippen molar-refractivity contribution < 1.29 is 18.0 Å². The van der Waals surface area contributed by atoms with Crippen molar-refractivity contribution >= 4 is 17.2 Å². The Balaban J connectivity index is 1.62. The van der Waals surface area contributed by atoms with Gasteiger partial charge in [0.1, 0.15) is 29.9 Å². The largest absolute Gasteiger partial charge is 0.433 e. The first-order valence-corrected chi connectivity index (χ1v) is 9.33. The summed E-state index contributed by atoms with van der Waals surface area (Å²) in [5.41, 5.74) is -0.561.